The van der Waals surface area contributed by atoms with Crippen LogP contribution in [-0.2, 0) is 24.2 Å². The number of hydrogen-bond donors (Lipinski definition) is 0. The van der Waals surface area contributed by atoms with Gasteiger partial charge in [-0.2, -0.15) is 5.10 Å². The van der Waals surface area contributed by atoms with Crippen molar-refractivity contribution in [3.05, 3.63) is 40.7 Å². The van der Waals surface area contributed by atoms with E-state index in [0.29, 0.717) is 12.3 Å². The molecular formula is C20H29N5O. The van der Waals surface area contributed by atoms with Crippen molar-refractivity contribution in [2.75, 3.05) is 13.1 Å². The fraction of sp³-hybridized carbons (Fsp3) is 0.600. The number of amides is 1. The van der Waals surface area contributed by atoms with Crippen LogP contribution in [-0.4, -0.2) is 43.6 Å². The summed E-state index contributed by atoms with van der Waals surface area (Å²) >= 11 is 0. The highest BCUT2D eigenvalue weighted by Crippen LogP contribution is 2.21. The molecule has 2 aromatic heterocycles. The van der Waals surface area contributed by atoms with Gasteiger partial charge in [0.1, 0.15) is 5.82 Å². The lowest BCUT2D eigenvalue weighted by Gasteiger charge is -2.32. The zero-order chi connectivity index (χ0) is 18.7. The van der Waals surface area contributed by atoms with Gasteiger partial charge in [0.25, 0.3) is 0 Å². The Morgan fingerprint density at radius 1 is 1.15 bits per heavy atom. The van der Waals surface area contributed by atoms with Gasteiger partial charge in [-0.3, -0.25) is 9.48 Å². The summed E-state index contributed by atoms with van der Waals surface area (Å²) in [5.41, 5.74) is 4.05. The highest BCUT2D eigenvalue weighted by atomic mass is 16.2. The van der Waals surface area contributed by atoms with Crippen molar-refractivity contribution < 1.29 is 4.79 Å². The van der Waals surface area contributed by atoms with Crippen molar-refractivity contribution in [3.8, 4) is 0 Å². The van der Waals surface area contributed by atoms with Gasteiger partial charge >= 0.3 is 0 Å². The van der Waals surface area contributed by atoms with E-state index in [1.54, 1.807) is 0 Å². The van der Waals surface area contributed by atoms with Crippen molar-refractivity contribution in [2.24, 2.45) is 5.92 Å². The van der Waals surface area contributed by atoms with Gasteiger partial charge in [0.05, 0.1) is 12.6 Å². The molecule has 0 unspecified atom stereocenters. The van der Waals surface area contributed by atoms with Crippen LogP contribution in [0, 0.1) is 26.7 Å². The second-order valence-corrected chi connectivity index (χ2v) is 7.38. The lowest BCUT2D eigenvalue weighted by molar-refractivity contribution is -0.131. The first-order chi connectivity index (χ1) is 12.5. The maximum absolute atomic E-state index is 12.7. The molecule has 0 saturated carbocycles. The van der Waals surface area contributed by atoms with Gasteiger partial charge in [-0.25, -0.2) is 9.97 Å². The van der Waals surface area contributed by atoms with Gasteiger partial charge < -0.3 is 4.90 Å². The van der Waals surface area contributed by atoms with Crippen LogP contribution < -0.4 is 0 Å². The van der Waals surface area contributed by atoms with E-state index in [1.807, 2.05) is 36.5 Å². The molecule has 1 saturated heterocycles. The minimum Gasteiger partial charge on any atom is -0.342 e. The molecule has 6 heteroatoms. The molecule has 0 aliphatic carbocycles. The minimum absolute atomic E-state index is 0.192. The average molecular weight is 355 g/mol. The Morgan fingerprint density at radius 3 is 2.35 bits per heavy atom. The number of carbonyl (C=O) groups excluding carboxylic acids is 1. The lowest BCUT2D eigenvalue weighted by Crippen LogP contribution is -2.40. The average Bonchev–Trinajstić information content (AvgIpc) is 3.03. The molecule has 0 N–H and O–H groups in total. The van der Waals surface area contributed by atoms with Crippen LogP contribution in [0.1, 0.15) is 48.1 Å². The third-order valence-corrected chi connectivity index (χ3v) is 5.29. The third kappa shape index (κ3) is 4.29. The monoisotopic (exact) mass is 355 g/mol. The van der Waals surface area contributed by atoms with Crippen LogP contribution in [0.25, 0.3) is 0 Å². The van der Waals surface area contributed by atoms with Crippen molar-refractivity contribution in [3.63, 3.8) is 0 Å². The standard InChI is InChI=1S/C20H29N5O/c1-5-19-22-15(3)18(16(4)23-19)10-20(26)24-8-6-17(7-9-24)13-25-12-14(2)11-21-25/h11-12,17H,5-10,13H2,1-4H3. The first-order valence-electron chi connectivity index (χ1n) is 9.56. The smallest absolute Gasteiger partial charge is 0.227 e. The molecule has 140 valence electrons. The fourth-order valence-electron chi connectivity index (χ4n) is 3.68. The maximum Gasteiger partial charge on any atom is 0.227 e. The molecule has 0 spiro atoms. The second-order valence-electron chi connectivity index (χ2n) is 7.38. The number of rotatable bonds is 5. The molecule has 1 aliphatic rings. The molecule has 0 bridgehead atoms. The normalized spacial score (nSPS) is 15.5. The summed E-state index contributed by atoms with van der Waals surface area (Å²) in [6.07, 6.45) is 7.28. The molecule has 1 fully saturated rings. The molecule has 0 radical (unpaired) electrons. The van der Waals surface area contributed by atoms with Crippen LogP contribution in [0.5, 0.6) is 0 Å². The molecule has 3 heterocycles. The summed E-state index contributed by atoms with van der Waals surface area (Å²) in [5, 5.41) is 4.38. The number of aromatic nitrogens is 4. The molecule has 6 nitrogen and oxygen atoms in total. The molecule has 2 aromatic rings. The number of piperidine rings is 1. The van der Waals surface area contributed by atoms with E-state index in [2.05, 4.69) is 28.2 Å². The lowest BCUT2D eigenvalue weighted by atomic mass is 9.96. The Bertz CT molecular complexity index is 751. The van der Waals surface area contributed by atoms with Crippen molar-refractivity contribution in [2.45, 2.75) is 59.9 Å². The van der Waals surface area contributed by atoms with E-state index in [-0.39, 0.29) is 5.91 Å². The quantitative estimate of drug-likeness (QED) is 0.827. The molecule has 0 aromatic carbocycles. The first-order valence-corrected chi connectivity index (χ1v) is 9.56. The SMILES string of the molecule is CCc1nc(C)c(CC(=O)N2CCC(Cn3cc(C)cn3)CC2)c(C)n1. The Morgan fingerprint density at radius 2 is 1.81 bits per heavy atom. The molecular weight excluding hydrogens is 326 g/mol. The number of aryl methyl sites for hydroxylation is 4. The van der Waals surface area contributed by atoms with Crippen LogP contribution in [0.3, 0.4) is 0 Å². The Kier molecular flexibility index (Phi) is 5.69. The topological polar surface area (TPSA) is 63.9 Å². The number of carbonyl (C=O) groups is 1. The van der Waals surface area contributed by atoms with Gasteiger partial charge in [-0.05, 0) is 45.1 Å². The predicted octanol–water partition coefficient (Wildman–Crippen LogP) is 2.64. The van der Waals surface area contributed by atoms with Crippen LogP contribution in [0.15, 0.2) is 12.4 Å². The Balaban J connectivity index is 1.55. The van der Waals surface area contributed by atoms with Gasteiger partial charge in [0.15, 0.2) is 0 Å². The summed E-state index contributed by atoms with van der Waals surface area (Å²) in [7, 11) is 0. The fourth-order valence-corrected chi connectivity index (χ4v) is 3.68. The summed E-state index contributed by atoms with van der Waals surface area (Å²) in [6, 6.07) is 0. The largest absolute Gasteiger partial charge is 0.342 e. The van der Waals surface area contributed by atoms with Gasteiger partial charge in [-0.15, -0.1) is 0 Å². The summed E-state index contributed by atoms with van der Waals surface area (Å²) in [5.74, 6) is 1.64. The number of likely N-dealkylation sites (tertiary alicyclic amines) is 1. The van der Waals surface area contributed by atoms with E-state index < -0.39 is 0 Å². The van der Waals surface area contributed by atoms with Crippen LogP contribution >= 0.6 is 0 Å². The van der Waals surface area contributed by atoms with Crippen LogP contribution in [0.2, 0.25) is 0 Å². The second kappa shape index (κ2) is 7.98. The first kappa shape index (κ1) is 18.5. The Labute approximate surface area is 155 Å². The Hall–Kier alpha value is -2.24. The summed E-state index contributed by atoms with van der Waals surface area (Å²) in [6.45, 7) is 10.7. The zero-order valence-electron chi connectivity index (χ0n) is 16.3. The van der Waals surface area contributed by atoms with E-state index in [9.17, 15) is 4.79 Å². The predicted molar refractivity (Wildman–Crippen MR) is 101 cm³/mol. The van der Waals surface area contributed by atoms with E-state index in [0.717, 1.165) is 61.7 Å². The van der Waals surface area contributed by atoms with Gasteiger partial charge in [-0.1, -0.05) is 6.92 Å². The summed E-state index contributed by atoms with van der Waals surface area (Å²) in [4.78, 5) is 23.8. The molecule has 1 aliphatic heterocycles. The van der Waals surface area contributed by atoms with Gasteiger partial charge in [0, 0.05) is 49.2 Å². The molecule has 0 atom stereocenters. The minimum atomic E-state index is 0.192. The van der Waals surface area contributed by atoms with Crippen molar-refractivity contribution in [1.29, 1.82) is 0 Å². The van der Waals surface area contributed by atoms with Crippen molar-refractivity contribution >= 4 is 5.91 Å². The van der Waals surface area contributed by atoms with Gasteiger partial charge in [0.2, 0.25) is 5.91 Å². The third-order valence-electron chi connectivity index (χ3n) is 5.29. The van der Waals surface area contributed by atoms with E-state index in [1.165, 1.54) is 5.56 Å². The number of hydrogen-bond acceptors (Lipinski definition) is 4. The molecule has 1 amide bonds. The maximum atomic E-state index is 12.7. The molecule has 26 heavy (non-hydrogen) atoms. The zero-order valence-corrected chi connectivity index (χ0v) is 16.3. The highest BCUT2D eigenvalue weighted by molar-refractivity contribution is 5.79. The van der Waals surface area contributed by atoms with E-state index >= 15 is 0 Å². The van der Waals surface area contributed by atoms with Crippen molar-refractivity contribution in [1.82, 2.24) is 24.6 Å². The summed E-state index contributed by atoms with van der Waals surface area (Å²) < 4.78 is 2.02. The van der Waals surface area contributed by atoms with E-state index in [4.69, 9.17) is 0 Å². The van der Waals surface area contributed by atoms with Crippen LogP contribution in [0.4, 0.5) is 0 Å². The highest BCUT2D eigenvalue weighted by Gasteiger charge is 2.24. The molecule has 3 rings (SSSR count). The number of nitrogens with zero attached hydrogens (tertiary/aromatic N) is 5.